The summed E-state index contributed by atoms with van der Waals surface area (Å²) in [6, 6.07) is 8.67. The molecule has 2 amide bonds. The summed E-state index contributed by atoms with van der Waals surface area (Å²) in [5.74, 6) is -1.12. The second-order valence-electron chi connectivity index (χ2n) is 7.48. The van der Waals surface area contributed by atoms with Gasteiger partial charge in [0.2, 0.25) is 5.43 Å². The number of amides is 2. The van der Waals surface area contributed by atoms with Gasteiger partial charge in [-0.2, -0.15) is 0 Å². The maximum atomic E-state index is 13.4. The van der Waals surface area contributed by atoms with E-state index in [0.717, 1.165) is 0 Å². The Hall–Kier alpha value is -3.68. The summed E-state index contributed by atoms with van der Waals surface area (Å²) in [5, 5.41) is 5.33. The fourth-order valence-corrected chi connectivity index (χ4v) is 3.03. The van der Waals surface area contributed by atoms with Crippen LogP contribution in [0.3, 0.4) is 0 Å². The lowest BCUT2D eigenvalue weighted by molar-refractivity contribution is 0.0933. The lowest BCUT2D eigenvalue weighted by Gasteiger charge is -2.16. The highest BCUT2D eigenvalue weighted by Crippen LogP contribution is 2.14. The Bertz CT molecular complexity index is 1140. The number of nitrogens with zero attached hydrogens (tertiary/aromatic N) is 1. The smallest absolute Gasteiger partial charge is 0.257 e. The number of aromatic nitrogens is 1. The van der Waals surface area contributed by atoms with Crippen LogP contribution in [0.5, 0.6) is 0 Å². The van der Waals surface area contributed by atoms with E-state index in [-0.39, 0.29) is 23.7 Å². The Labute approximate surface area is 178 Å². The van der Waals surface area contributed by atoms with Crippen LogP contribution < -0.4 is 16.1 Å². The first-order chi connectivity index (χ1) is 14.8. The number of hydrogen-bond acceptors (Lipinski definition) is 4. The molecule has 0 aliphatic rings. The van der Waals surface area contributed by atoms with E-state index < -0.39 is 29.1 Å². The van der Waals surface area contributed by atoms with Gasteiger partial charge in [-0.1, -0.05) is 12.1 Å². The lowest BCUT2D eigenvalue weighted by Crippen LogP contribution is -2.36. The van der Waals surface area contributed by atoms with Crippen LogP contribution in [-0.2, 0) is 6.54 Å². The fourth-order valence-electron chi connectivity index (χ4n) is 3.03. The van der Waals surface area contributed by atoms with Crippen molar-refractivity contribution in [3.63, 3.8) is 0 Å². The highest BCUT2D eigenvalue weighted by atomic mass is 19.1. The molecule has 0 spiro atoms. The minimum Gasteiger partial charge on any atom is -0.467 e. The van der Waals surface area contributed by atoms with Crippen LogP contribution in [0.4, 0.5) is 4.39 Å². The molecule has 2 N–H and O–H groups in total. The SMILES string of the molecule is CC(C)n1cc(C(=O)NCc2cccc(F)c2)c(=O)c(C(=O)N[C@H](C)c2ccco2)c1. The van der Waals surface area contributed by atoms with Crippen LogP contribution in [0.1, 0.15) is 64.9 Å². The van der Waals surface area contributed by atoms with E-state index in [0.29, 0.717) is 11.3 Å². The molecule has 2 heterocycles. The summed E-state index contributed by atoms with van der Waals surface area (Å²) >= 11 is 0. The largest absolute Gasteiger partial charge is 0.467 e. The molecule has 0 radical (unpaired) electrons. The van der Waals surface area contributed by atoms with E-state index >= 15 is 0 Å². The van der Waals surface area contributed by atoms with Crippen LogP contribution in [0.15, 0.2) is 64.3 Å². The molecule has 31 heavy (non-hydrogen) atoms. The second kappa shape index (κ2) is 9.42. The molecule has 3 rings (SSSR count). The van der Waals surface area contributed by atoms with E-state index in [9.17, 15) is 18.8 Å². The second-order valence-corrected chi connectivity index (χ2v) is 7.48. The molecule has 0 saturated carbocycles. The summed E-state index contributed by atoms with van der Waals surface area (Å²) in [4.78, 5) is 38.5. The van der Waals surface area contributed by atoms with Gasteiger partial charge in [0, 0.05) is 25.0 Å². The topological polar surface area (TPSA) is 93.3 Å². The third-order valence-electron chi connectivity index (χ3n) is 4.79. The Morgan fingerprint density at radius 3 is 2.39 bits per heavy atom. The van der Waals surface area contributed by atoms with Gasteiger partial charge < -0.3 is 19.6 Å². The molecule has 0 saturated heterocycles. The molecule has 0 aliphatic heterocycles. The molecule has 8 heteroatoms. The number of hydrogen-bond donors (Lipinski definition) is 2. The van der Waals surface area contributed by atoms with Crippen molar-refractivity contribution in [1.82, 2.24) is 15.2 Å². The van der Waals surface area contributed by atoms with Gasteiger partial charge in [-0.05, 0) is 50.6 Å². The van der Waals surface area contributed by atoms with E-state index in [4.69, 9.17) is 4.42 Å². The number of nitrogens with one attached hydrogen (secondary N) is 2. The minimum absolute atomic E-state index is 0.0453. The van der Waals surface area contributed by atoms with Crippen molar-refractivity contribution in [2.75, 3.05) is 0 Å². The Morgan fingerprint density at radius 2 is 1.77 bits per heavy atom. The summed E-state index contributed by atoms with van der Waals surface area (Å²) in [6.45, 7) is 5.51. The van der Waals surface area contributed by atoms with Crippen LogP contribution >= 0.6 is 0 Å². The monoisotopic (exact) mass is 425 g/mol. The number of rotatable bonds is 7. The van der Waals surface area contributed by atoms with Gasteiger partial charge in [0.05, 0.1) is 12.3 Å². The molecule has 3 aromatic rings. The summed E-state index contributed by atoms with van der Waals surface area (Å²) in [5.41, 5.74) is -0.439. The average molecular weight is 425 g/mol. The van der Waals surface area contributed by atoms with Gasteiger partial charge >= 0.3 is 0 Å². The van der Waals surface area contributed by atoms with Gasteiger partial charge in [-0.15, -0.1) is 0 Å². The normalized spacial score (nSPS) is 11.9. The number of carbonyl (C=O) groups excluding carboxylic acids is 2. The predicted octanol–water partition coefficient (Wildman–Crippen LogP) is 3.58. The summed E-state index contributed by atoms with van der Waals surface area (Å²) in [7, 11) is 0. The quantitative estimate of drug-likeness (QED) is 0.605. The molecular formula is C23H24FN3O4. The van der Waals surface area contributed by atoms with Crippen molar-refractivity contribution in [2.24, 2.45) is 0 Å². The molecule has 162 valence electrons. The highest BCUT2D eigenvalue weighted by molar-refractivity contribution is 5.99. The minimum atomic E-state index is -0.683. The number of benzene rings is 1. The molecule has 7 nitrogen and oxygen atoms in total. The number of halogens is 1. The molecule has 1 atom stereocenters. The first kappa shape index (κ1) is 22.0. The zero-order chi connectivity index (χ0) is 22.5. The van der Waals surface area contributed by atoms with Crippen molar-refractivity contribution in [3.05, 3.63) is 93.5 Å². The molecule has 2 aromatic heterocycles. The van der Waals surface area contributed by atoms with Crippen LogP contribution in [0.25, 0.3) is 0 Å². The van der Waals surface area contributed by atoms with Crippen molar-refractivity contribution in [1.29, 1.82) is 0 Å². The van der Waals surface area contributed by atoms with Gasteiger partial charge in [-0.25, -0.2) is 4.39 Å². The van der Waals surface area contributed by atoms with E-state index in [2.05, 4.69) is 10.6 Å². The maximum Gasteiger partial charge on any atom is 0.257 e. The highest BCUT2D eigenvalue weighted by Gasteiger charge is 2.22. The maximum absolute atomic E-state index is 13.4. The number of furan rings is 1. The van der Waals surface area contributed by atoms with Crippen molar-refractivity contribution in [3.8, 4) is 0 Å². The van der Waals surface area contributed by atoms with Gasteiger partial charge in [0.25, 0.3) is 11.8 Å². The predicted molar refractivity (Wildman–Crippen MR) is 113 cm³/mol. The van der Waals surface area contributed by atoms with Gasteiger partial charge in [-0.3, -0.25) is 14.4 Å². The Kier molecular flexibility index (Phi) is 6.69. The fraction of sp³-hybridized carbons (Fsp3) is 0.261. The van der Waals surface area contributed by atoms with Crippen molar-refractivity contribution in [2.45, 2.75) is 39.4 Å². The standard InChI is InChI=1S/C23H24FN3O4/c1-14(2)27-12-18(22(29)25-11-16-6-4-7-17(24)10-16)21(28)19(13-27)23(30)26-15(3)20-8-5-9-31-20/h4-10,12-15H,11H2,1-3H3,(H,25,29)(H,26,30)/t15-/m1/s1. The molecule has 0 unspecified atom stereocenters. The number of carbonyl (C=O) groups is 2. The van der Waals surface area contributed by atoms with E-state index in [1.165, 1.54) is 36.9 Å². The Morgan fingerprint density at radius 1 is 1.06 bits per heavy atom. The average Bonchev–Trinajstić information content (AvgIpc) is 3.27. The zero-order valence-corrected chi connectivity index (χ0v) is 17.5. The van der Waals surface area contributed by atoms with E-state index in [1.54, 1.807) is 29.7 Å². The molecular weight excluding hydrogens is 401 g/mol. The van der Waals surface area contributed by atoms with Crippen molar-refractivity contribution < 1.29 is 18.4 Å². The van der Waals surface area contributed by atoms with Crippen molar-refractivity contribution >= 4 is 11.8 Å². The Balaban J connectivity index is 1.86. The first-order valence-corrected chi connectivity index (χ1v) is 9.89. The third-order valence-corrected chi connectivity index (χ3v) is 4.79. The third kappa shape index (κ3) is 5.28. The molecule has 1 aromatic carbocycles. The van der Waals surface area contributed by atoms with Crippen LogP contribution in [-0.4, -0.2) is 16.4 Å². The number of pyridine rings is 1. The zero-order valence-electron chi connectivity index (χ0n) is 17.5. The lowest BCUT2D eigenvalue weighted by atomic mass is 10.1. The van der Waals surface area contributed by atoms with Gasteiger partial charge in [0.1, 0.15) is 22.7 Å². The summed E-state index contributed by atoms with van der Waals surface area (Å²) < 4.78 is 20.3. The first-order valence-electron chi connectivity index (χ1n) is 9.89. The molecule has 0 aliphatic carbocycles. The van der Waals surface area contributed by atoms with Crippen LogP contribution in [0, 0.1) is 5.82 Å². The van der Waals surface area contributed by atoms with Crippen LogP contribution in [0.2, 0.25) is 0 Å². The van der Waals surface area contributed by atoms with Gasteiger partial charge in [0.15, 0.2) is 0 Å². The summed E-state index contributed by atoms with van der Waals surface area (Å²) in [6.07, 6.45) is 4.34. The molecule has 0 fully saturated rings. The van der Waals surface area contributed by atoms with E-state index in [1.807, 2.05) is 13.8 Å². The molecule has 0 bridgehead atoms.